The molecule has 18 heavy (non-hydrogen) atoms. The second-order valence-electron chi connectivity index (χ2n) is 3.61. The highest BCUT2D eigenvalue weighted by atomic mass is 127. The smallest absolute Gasteiger partial charge is 0.253 e. The zero-order valence-electron chi connectivity index (χ0n) is 9.58. The Morgan fingerprint density at radius 1 is 1.33 bits per heavy atom. The summed E-state index contributed by atoms with van der Waals surface area (Å²) in [6, 6.07) is 9.30. The van der Waals surface area contributed by atoms with E-state index in [1.54, 1.807) is 19.3 Å². The van der Waals surface area contributed by atoms with Gasteiger partial charge in [0.25, 0.3) is 5.91 Å². The SMILES string of the molecule is CNC(=O)c1cnc(I)cc1-c1ccccc1Cl. The van der Waals surface area contributed by atoms with Crippen molar-refractivity contribution in [1.82, 2.24) is 10.3 Å². The number of halogens is 2. The molecule has 0 spiro atoms. The number of carbonyl (C=O) groups excluding carboxylic acids is 1. The Balaban J connectivity index is 2.66. The van der Waals surface area contributed by atoms with Gasteiger partial charge in [0.15, 0.2) is 0 Å². The van der Waals surface area contributed by atoms with Crippen molar-refractivity contribution in [1.29, 1.82) is 0 Å². The monoisotopic (exact) mass is 372 g/mol. The fourth-order valence-electron chi connectivity index (χ4n) is 1.65. The normalized spacial score (nSPS) is 10.2. The Hall–Kier alpha value is -1.14. The molecular weight excluding hydrogens is 363 g/mol. The molecule has 1 aromatic heterocycles. The van der Waals surface area contributed by atoms with Gasteiger partial charge in [0.2, 0.25) is 0 Å². The van der Waals surface area contributed by atoms with Gasteiger partial charge in [0.05, 0.1) is 5.56 Å². The minimum Gasteiger partial charge on any atom is -0.355 e. The van der Waals surface area contributed by atoms with Gasteiger partial charge in [-0.1, -0.05) is 29.8 Å². The van der Waals surface area contributed by atoms with Crippen LogP contribution in [0.15, 0.2) is 36.5 Å². The van der Waals surface area contributed by atoms with Crippen LogP contribution in [0.5, 0.6) is 0 Å². The topological polar surface area (TPSA) is 42.0 Å². The second-order valence-corrected chi connectivity index (χ2v) is 5.12. The van der Waals surface area contributed by atoms with Crippen molar-refractivity contribution in [2.45, 2.75) is 0 Å². The van der Waals surface area contributed by atoms with Gasteiger partial charge in [0, 0.05) is 29.4 Å². The molecule has 0 unspecified atom stereocenters. The molecule has 0 saturated carbocycles. The Labute approximate surface area is 124 Å². The molecule has 0 radical (unpaired) electrons. The van der Waals surface area contributed by atoms with E-state index in [-0.39, 0.29) is 5.91 Å². The van der Waals surface area contributed by atoms with Gasteiger partial charge >= 0.3 is 0 Å². The Morgan fingerprint density at radius 2 is 2.06 bits per heavy atom. The third kappa shape index (κ3) is 2.64. The molecule has 3 nitrogen and oxygen atoms in total. The lowest BCUT2D eigenvalue weighted by atomic mass is 10.0. The lowest BCUT2D eigenvalue weighted by molar-refractivity contribution is 0.0963. The number of aromatic nitrogens is 1. The molecule has 1 amide bonds. The maximum Gasteiger partial charge on any atom is 0.253 e. The number of nitrogens with zero attached hydrogens (tertiary/aromatic N) is 1. The quantitative estimate of drug-likeness (QED) is 0.649. The number of nitrogens with one attached hydrogen (secondary N) is 1. The molecule has 0 atom stereocenters. The van der Waals surface area contributed by atoms with Gasteiger partial charge in [-0.15, -0.1) is 0 Å². The molecule has 0 saturated heterocycles. The van der Waals surface area contributed by atoms with E-state index in [1.165, 1.54) is 0 Å². The number of rotatable bonds is 2. The summed E-state index contributed by atoms with van der Waals surface area (Å²) in [7, 11) is 1.59. The van der Waals surface area contributed by atoms with Gasteiger partial charge in [-0.2, -0.15) is 0 Å². The lowest BCUT2D eigenvalue weighted by Gasteiger charge is -2.10. The number of amides is 1. The van der Waals surface area contributed by atoms with Gasteiger partial charge in [-0.3, -0.25) is 4.79 Å². The summed E-state index contributed by atoms with van der Waals surface area (Å²) in [5, 5.41) is 3.22. The molecule has 2 aromatic rings. The lowest BCUT2D eigenvalue weighted by Crippen LogP contribution is -2.19. The molecule has 2 rings (SSSR count). The fraction of sp³-hybridized carbons (Fsp3) is 0.0769. The van der Waals surface area contributed by atoms with Gasteiger partial charge in [-0.05, 0) is 34.7 Å². The number of carbonyl (C=O) groups is 1. The molecule has 0 fully saturated rings. The van der Waals surface area contributed by atoms with Crippen molar-refractivity contribution in [3.8, 4) is 11.1 Å². The van der Waals surface area contributed by atoms with Gasteiger partial charge in [-0.25, -0.2) is 4.98 Å². The third-order valence-corrected chi connectivity index (χ3v) is 3.43. The summed E-state index contributed by atoms with van der Waals surface area (Å²) >= 11 is 8.29. The summed E-state index contributed by atoms with van der Waals surface area (Å²) < 4.78 is 0.815. The molecule has 0 aliphatic carbocycles. The zero-order chi connectivity index (χ0) is 13.1. The Kier molecular flexibility index (Phi) is 4.19. The van der Waals surface area contributed by atoms with Crippen LogP contribution in [0.4, 0.5) is 0 Å². The summed E-state index contributed by atoms with van der Waals surface area (Å²) in [6.45, 7) is 0. The van der Waals surface area contributed by atoms with Crippen LogP contribution in [0.25, 0.3) is 11.1 Å². The first-order chi connectivity index (χ1) is 8.63. The van der Waals surface area contributed by atoms with Crippen molar-refractivity contribution in [2.24, 2.45) is 0 Å². The molecule has 0 aliphatic rings. The Bertz CT molecular complexity index is 601. The van der Waals surface area contributed by atoms with E-state index in [0.29, 0.717) is 10.6 Å². The minimum atomic E-state index is -0.172. The molecule has 1 aromatic carbocycles. The average Bonchev–Trinajstić information content (AvgIpc) is 2.38. The first kappa shape index (κ1) is 13.3. The summed E-state index contributed by atoms with van der Waals surface area (Å²) in [6.07, 6.45) is 1.57. The van der Waals surface area contributed by atoms with E-state index < -0.39 is 0 Å². The predicted octanol–water partition coefficient (Wildman–Crippen LogP) is 3.37. The molecule has 92 valence electrons. The highest BCUT2D eigenvalue weighted by Gasteiger charge is 2.14. The molecule has 1 heterocycles. The Morgan fingerprint density at radius 3 is 2.72 bits per heavy atom. The highest BCUT2D eigenvalue weighted by Crippen LogP contribution is 2.30. The fourth-order valence-corrected chi connectivity index (χ4v) is 2.34. The van der Waals surface area contributed by atoms with Gasteiger partial charge in [0.1, 0.15) is 3.70 Å². The van der Waals surface area contributed by atoms with E-state index in [9.17, 15) is 4.79 Å². The molecule has 0 bridgehead atoms. The van der Waals surface area contributed by atoms with E-state index in [0.717, 1.165) is 14.8 Å². The maximum atomic E-state index is 11.8. The van der Waals surface area contributed by atoms with Crippen molar-refractivity contribution < 1.29 is 4.79 Å². The predicted molar refractivity (Wildman–Crippen MR) is 80.8 cm³/mol. The van der Waals surface area contributed by atoms with Crippen LogP contribution < -0.4 is 5.32 Å². The van der Waals surface area contributed by atoms with Crippen molar-refractivity contribution in [2.75, 3.05) is 7.05 Å². The maximum absolute atomic E-state index is 11.8. The molecular formula is C13H10ClIN2O. The van der Waals surface area contributed by atoms with Crippen molar-refractivity contribution in [3.63, 3.8) is 0 Å². The van der Waals surface area contributed by atoms with Crippen LogP contribution in [0.2, 0.25) is 5.02 Å². The molecule has 1 N–H and O–H groups in total. The second kappa shape index (κ2) is 5.67. The molecule has 5 heteroatoms. The largest absolute Gasteiger partial charge is 0.355 e. The number of hydrogen-bond acceptors (Lipinski definition) is 2. The van der Waals surface area contributed by atoms with Crippen LogP contribution in [0.1, 0.15) is 10.4 Å². The van der Waals surface area contributed by atoms with Crippen LogP contribution in [0, 0.1) is 3.70 Å². The van der Waals surface area contributed by atoms with Crippen LogP contribution >= 0.6 is 34.2 Å². The van der Waals surface area contributed by atoms with E-state index in [1.807, 2.05) is 24.3 Å². The first-order valence-electron chi connectivity index (χ1n) is 5.26. The van der Waals surface area contributed by atoms with Crippen LogP contribution in [0.3, 0.4) is 0 Å². The standard InChI is InChI=1S/C13H10ClIN2O/c1-16-13(18)10-7-17-12(15)6-9(10)8-4-2-3-5-11(8)14/h2-7H,1H3,(H,16,18). The van der Waals surface area contributed by atoms with E-state index in [4.69, 9.17) is 11.6 Å². The summed E-state index contributed by atoms with van der Waals surface area (Å²) in [5.74, 6) is -0.172. The number of benzene rings is 1. The minimum absolute atomic E-state index is 0.172. The summed E-state index contributed by atoms with van der Waals surface area (Å²) in [4.78, 5) is 16.0. The summed E-state index contributed by atoms with van der Waals surface area (Å²) in [5.41, 5.74) is 2.14. The third-order valence-electron chi connectivity index (χ3n) is 2.51. The van der Waals surface area contributed by atoms with Crippen molar-refractivity contribution in [3.05, 3.63) is 50.8 Å². The highest BCUT2D eigenvalue weighted by molar-refractivity contribution is 14.1. The zero-order valence-corrected chi connectivity index (χ0v) is 12.5. The molecule has 0 aliphatic heterocycles. The van der Waals surface area contributed by atoms with Gasteiger partial charge < -0.3 is 5.32 Å². The average molecular weight is 373 g/mol. The first-order valence-corrected chi connectivity index (χ1v) is 6.71. The van der Waals surface area contributed by atoms with Crippen LogP contribution in [-0.4, -0.2) is 17.9 Å². The van der Waals surface area contributed by atoms with Crippen molar-refractivity contribution >= 4 is 40.1 Å². The number of pyridine rings is 1. The number of hydrogen-bond donors (Lipinski definition) is 1. The van der Waals surface area contributed by atoms with Crippen LogP contribution in [-0.2, 0) is 0 Å². The van der Waals surface area contributed by atoms with E-state index >= 15 is 0 Å². The van der Waals surface area contributed by atoms with E-state index in [2.05, 4.69) is 32.9 Å².